The number of rotatable bonds is 7. The van der Waals surface area contributed by atoms with Crippen molar-refractivity contribution in [2.75, 3.05) is 12.3 Å². The van der Waals surface area contributed by atoms with Crippen LogP contribution in [0.25, 0.3) is 0 Å². The monoisotopic (exact) mass is 273 g/mol. The number of nitrogens with zero attached hydrogens (tertiary/aromatic N) is 2. The Labute approximate surface area is 109 Å². The Morgan fingerprint density at radius 3 is 2.67 bits per heavy atom. The van der Waals surface area contributed by atoms with Gasteiger partial charge in [-0.15, -0.1) is 0 Å². The Hall–Kier alpha value is -0.880. The second kappa shape index (κ2) is 6.33. The van der Waals surface area contributed by atoms with Gasteiger partial charge in [-0.25, -0.2) is 8.42 Å². The minimum atomic E-state index is -3.00. The van der Waals surface area contributed by atoms with Crippen molar-refractivity contribution in [1.82, 2.24) is 15.1 Å². The molecule has 0 atom stereocenters. The summed E-state index contributed by atoms with van der Waals surface area (Å²) >= 11 is 0. The summed E-state index contributed by atoms with van der Waals surface area (Å²) in [6.45, 7) is 9.56. The van der Waals surface area contributed by atoms with Crippen molar-refractivity contribution in [3.63, 3.8) is 0 Å². The fourth-order valence-corrected chi connectivity index (χ4v) is 2.49. The molecule has 18 heavy (non-hydrogen) atoms. The lowest BCUT2D eigenvalue weighted by molar-refractivity contribution is 0.569. The van der Waals surface area contributed by atoms with Crippen molar-refractivity contribution in [2.24, 2.45) is 0 Å². The number of nitrogens with one attached hydrogen (secondary N) is 1. The van der Waals surface area contributed by atoms with Gasteiger partial charge in [-0.3, -0.25) is 4.68 Å². The topological polar surface area (TPSA) is 64.0 Å². The smallest absolute Gasteiger partial charge is 0.154 e. The fraction of sp³-hybridized carbons (Fsp3) is 0.750. The average Bonchev–Trinajstić information content (AvgIpc) is 2.65. The zero-order valence-corrected chi connectivity index (χ0v) is 12.4. The molecule has 0 radical (unpaired) electrons. The minimum absolute atomic E-state index is 0.147. The van der Waals surface area contributed by atoms with Crippen LogP contribution in [-0.4, -0.2) is 35.7 Å². The van der Waals surface area contributed by atoms with E-state index in [0.717, 1.165) is 24.3 Å². The molecule has 0 fully saturated rings. The van der Waals surface area contributed by atoms with Crippen LogP contribution in [0.4, 0.5) is 0 Å². The second-order valence-electron chi connectivity index (χ2n) is 4.67. The molecule has 104 valence electrons. The summed E-state index contributed by atoms with van der Waals surface area (Å²) in [6.07, 6.45) is 1.81. The van der Waals surface area contributed by atoms with Gasteiger partial charge in [-0.1, -0.05) is 6.92 Å². The average molecular weight is 273 g/mol. The van der Waals surface area contributed by atoms with Crippen LogP contribution in [-0.2, 0) is 22.9 Å². The summed E-state index contributed by atoms with van der Waals surface area (Å²) in [7, 11) is -3.00. The van der Waals surface area contributed by atoms with Crippen molar-refractivity contribution < 1.29 is 8.42 Å². The van der Waals surface area contributed by atoms with E-state index in [1.807, 2.05) is 6.92 Å². The first-order valence-corrected chi connectivity index (χ1v) is 8.03. The standard InChI is InChI=1S/C12H23N3O2S/c1-5-13-8-12-9-14-15(11(12)4)6-7-18(16,17)10(2)3/h9-10,13H,5-8H2,1-4H3. The second-order valence-corrected chi connectivity index (χ2v) is 7.35. The molecule has 0 bridgehead atoms. The van der Waals surface area contributed by atoms with Crippen molar-refractivity contribution in [2.45, 2.75) is 46.0 Å². The lowest BCUT2D eigenvalue weighted by Crippen LogP contribution is -2.22. The molecule has 6 heteroatoms. The molecular formula is C12H23N3O2S. The van der Waals surface area contributed by atoms with Crippen molar-refractivity contribution in [3.05, 3.63) is 17.5 Å². The molecule has 1 aromatic heterocycles. The summed E-state index contributed by atoms with van der Waals surface area (Å²) < 4.78 is 25.3. The van der Waals surface area contributed by atoms with Crippen LogP contribution in [0.15, 0.2) is 6.20 Å². The van der Waals surface area contributed by atoms with E-state index in [9.17, 15) is 8.42 Å². The van der Waals surface area contributed by atoms with Gasteiger partial charge < -0.3 is 5.32 Å². The van der Waals surface area contributed by atoms with E-state index in [-0.39, 0.29) is 11.0 Å². The predicted octanol–water partition coefficient (Wildman–Crippen LogP) is 1.12. The molecule has 1 aromatic rings. The minimum Gasteiger partial charge on any atom is -0.313 e. The summed E-state index contributed by atoms with van der Waals surface area (Å²) in [6, 6.07) is 0. The number of aryl methyl sites for hydroxylation is 1. The molecular weight excluding hydrogens is 250 g/mol. The fourth-order valence-electron chi connectivity index (χ4n) is 1.59. The third-order valence-electron chi connectivity index (χ3n) is 3.08. The summed E-state index contributed by atoms with van der Waals surface area (Å²) in [4.78, 5) is 0. The van der Waals surface area contributed by atoms with Crippen LogP contribution < -0.4 is 5.32 Å². The summed E-state index contributed by atoms with van der Waals surface area (Å²) in [5.41, 5.74) is 2.16. The van der Waals surface area contributed by atoms with Gasteiger partial charge >= 0.3 is 0 Å². The van der Waals surface area contributed by atoms with Crippen LogP contribution in [0.1, 0.15) is 32.0 Å². The van der Waals surface area contributed by atoms with Crippen molar-refractivity contribution in [3.8, 4) is 0 Å². The van der Waals surface area contributed by atoms with E-state index in [0.29, 0.717) is 6.54 Å². The van der Waals surface area contributed by atoms with E-state index in [1.165, 1.54) is 0 Å². The molecule has 0 saturated heterocycles. The zero-order chi connectivity index (χ0) is 13.8. The molecule has 5 nitrogen and oxygen atoms in total. The maximum absolute atomic E-state index is 11.7. The van der Waals surface area contributed by atoms with Gasteiger partial charge in [0, 0.05) is 17.8 Å². The molecule has 0 saturated carbocycles. The normalized spacial score (nSPS) is 12.3. The van der Waals surface area contributed by atoms with Crippen LogP contribution in [0, 0.1) is 6.92 Å². The largest absolute Gasteiger partial charge is 0.313 e. The number of sulfone groups is 1. The molecule has 0 aromatic carbocycles. The molecule has 0 amide bonds. The van der Waals surface area contributed by atoms with Crippen LogP contribution in [0.2, 0.25) is 0 Å². The highest BCUT2D eigenvalue weighted by atomic mass is 32.2. The lowest BCUT2D eigenvalue weighted by Gasteiger charge is -2.09. The van der Waals surface area contributed by atoms with E-state index in [1.54, 1.807) is 24.7 Å². The van der Waals surface area contributed by atoms with Crippen molar-refractivity contribution in [1.29, 1.82) is 0 Å². The van der Waals surface area contributed by atoms with Gasteiger partial charge in [-0.2, -0.15) is 5.10 Å². The zero-order valence-electron chi connectivity index (χ0n) is 11.6. The molecule has 0 spiro atoms. The van der Waals surface area contributed by atoms with Gasteiger partial charge in [0.15, 0.2) is 9.84 Å². The van der Waals surface area contributed by atoms with E-state index >= 15 is 0 Å². The number of aromatic nitrogens is 2. The van der Waals surface area contributed by atoms with Gasteiger partial charge in [0.25, 0.3) is 0 Å². The first-order valence-electron chi connectivity index (χ1n) is 6.32. The Bertz CT molecular complexity index is 478. The molecule has 1 N–H and O–H groups in total. The molecule has 0 aliphatic heterocycles. The quantitative estimate of drug-likeness (QED) is 0.808. The molecule has 0 aliphatic rings. The lowest BCUT2D eigenvalue weighted by atomic mass is 10.2. The van der Waals surface area contributed by atoms with Crippen LogP contribution >= 0.6 is 0 Å². The van der Waals surface area contributed by atoms with Crippen LogP contribution in [0.3, 0.4) is 0 Å². The number of hydrogen-bond acceptors (Lipinski definition) is 4. The first-order chi connectivity index (χ1) is 8.38. The maximum atomic E-state index is 11.7. The molecule has 0 unspecified atom stereocenters. The maximum Gasteiger partial charge on any atom is 0.154 e. The van der Waals surface area contributed by atoms with E-state index in [2.05, 4.69) is 17.3 Å². The van der Waals surface area contributed by atoms with Gasteiger partial charge in [-0.05, 0) is 27.3 Å². The summed E-state index contributed by atoms with van der Waals surface area (Å²) in [5.74, 6) is 0.147. The van der Waals surface area contributed by atoms with Crippen molar-refractivity contribution >= 4 is 9.84 Å². The van der Waals surface area contributed by atoms with E-state index in [4.69, 9.17) is 0 Å². The SMILES string of the molecule is CCNCc1cnn(CCS(=O)(=O)C(C)C)c1C. The molecule has 0 aliphatic carbocycles. The highest BCUT2D eigenvalue weighted by Crippen LogP contribution is 2.08. The highest BCUT2D eigenvalue weighted by Gasteiger charge is 2.17. The van der Waals surface area contributed by atoms with E-state index < -0.39 is 9.84 Å². The Balaban J connectivity index is 2.67. The third-order valence-corrected chi connectivity index (χ3v) is 5.26. The van der Waals surface area contributed by atoms with Gasteiger partial charge in [0.05, 0.1) is 23.7 Å². The molecule has 1 rings (SSSR count). The number of hydrogen-bond donors (Lipinski definition) is 1. The first kappa shape index (κ1) is 15.2. The Morgan fingerprint density at radius 1 is 1.44 bits per heavy atom. The van der Waals surface area contributed by atoms with Crippen LogP contribution in [0.5, 0.6) is 0 Å². The highest BCUT2D eigenvalue weighted by molar-refractivity contribution is 7.91. The molecule has 1 heterocycles. The third kappa shape index (κ3) is 3.81. The predicted molar refractivity (Wildman–Crippen MR) is 73.3 cm³/mol. The summed E-state index contributed by atoms with van der Waals surface area (Å²) in [5, 5.41) is 7.16. The van der Waals surface area contributed by atoms with Gasteiger partial charge in [0.2, 0.25) is 0 Å². The van der Waals surface area contributed by atoms with Gasteiger partial charge in [0.1, 0.15) is 0 Å². The Kier molecular flexibility index (Phi) is 5.34. The Morgan fingerprint density at radius 2 is 2.11 bits per heavy atom.